The molecule has 1 aromatic heterocycles. The lowest BCUT2D eigenvalue weighted by Crippen LogP contribution is -2.44. The standard InChI is InChI=1S/C17H21N3O3/c1-4-10(2)11-5-6-12-14(9-11)19(3)17(23)20(12)13-7-8-15(21)18-16(13)22/h5-6,9-10,13H,4,7-8H2,1-3H3,(H,18,21,22). The molecule has 0 aliphatic carbocycles. The van der Waals surface area contributed by atoms with Crippen LogP contribution in [0.2, 0.25) is 0 Å². The summed E-state index contributed by atoms with van der Waals surface area (Å²) in [6.07, 6.45) is 1.63. The molecule has 1 N–H and O–H groups in total. The van der Waals surface area contributed by atoms with Crippen LogP contribution in [0.1, 0.15) is 50.6 Å². The zero-order valence-corrected chi connectivity index (χ0v) is 13.6. The number of aryl methyl sites for hydroxylation is 1. The number of piperidine rings is 1. The highest BCUT2D eigenvalue weighted by Crippen LogP contribution is 2.26. The van der Waals surface area contributed by atoms with Gasteiger partial charge in [0.1, 0.15) is 6.04 Å². The fraction of sp³-hybridized carbons (Fsp3) is 0.471. The van der Waals surface area contributed by atoms with Crippen molar-refractivity contribution >= 4 is 22.8 Å². The van der Waals surface area contributed by atoms with E-state index < -0.39 is 11.9 Å². The van der Waals surface area contributed by atoms with Gasteiger partial charge in [-0.3, -0.25) is 24.0 Å². The Morgan fingerprint density at radius 3 is 2.65 bits per heavy atom. The van der Waals surface area contributed by atoms with E-state index in [-0.39, 0.29) is 18.0 Å². The van der Waals surface area contributed by atoms with Gasteiger partial charge in [0, 0.05) is 13.5 Å². The molecule has 2 unspecified atom stereocenters. The van der Waals surface area contributed by atoms with Gasteiger partial charge in [0.05, 0.1) is 11.0 Å². The molecule has 1 saturated heterocycles. The molecule has 1 aromatic carbocycles. The molecule has 6 heteroatoms. The van der Waals surface area contributed by atoms with Gasteiger partial charge in [-0.2, -0.15) is 0 Å². The Morgan fingerprint density at radius 1 is 1.26 bits per heavy atom. The van der Waals surface area contributed by atoms with Gasteiger partial charge in [-0.1, -0.05) is 19.9 Å². The maximum absolute atomic E-state index is 12.6. The Hall–Kier alpha value is -2.37. The van der Waals surface area contributed by atoms with Crippen LogP contribution >= 0.6 is 0 Å². The van der Waals surface area contributed by atoms with Gasteiger partial charge in [0.2, 0.25) is 11.8 Å². The molecule has 2 amide bonds. The minimum absolute atomic E-state index is 0.226. The van der Waals surface area contributed by atoms with Crippen LogP contribution in [0.15, 0.2) is 23.0 Å². The predicted molar refractivity (Wildman–Crippen MR) is 87.3 cm³/mol. The summed E-state index contributed by atoms with van der Waals surface area (Å²) in [6, 6.07) is 5.31. The summed E-state index contributed by atoms with van der Waals surface area (Å²) in [7, 11) is 1.72. The Kier molecular flexibility index (Phi) is 3.83. The molecule has 2 heterocycles. The topological polar surface area (TPSA) is 73.1 Å². The number of hydrogen-bond donors (Lipinski definition) is 1. The highest BCUT2D eigenvalue weighted by Gasteiger charge is 2.31. The molecule has 1 aliphatic heterocycles. The fourth-order valence-corrected chi connectivity index (χ4v) is 3.15. The van der Waals surface area contributed by atoms with Crippen molar-refractivity contribution in [1.29, 1.82) is 0 Å². The quantitative estimate of drug-likeness (QED) is 0.878. The first kappa shape index (κ1) is 15.5. The van der Waals surface area contributed by atoms with Crippen molar-refractivity contribution in [3.63, 3.8) is 0 Å². The van der Waals surface area contributed by atoms with Crippen molar-refractivity contribution in [2.75, 3.05) is 0 Å². The minimum atomic E-state index is -0.627. The largest absolute Gasteiger partial charge is 0.329 e. The number of nitrogens with one attached hydrogen (secondary N) is 1. The highest BCUT2D eigenvalue weighted by molar-refractivity contribution is 6.00. The number of carbonyl (C=O) groups excluding carboxylic acids is 2. The third-order valence-electron chi connectivity index (χ3n) is 4.82. The second-order valence-corrected chi connectivity index (χ2v) is 6.24. The summed E-state index contributed by atoms with van der Waals surface area (Å²) in [6.45, 7) is 4.28. The number of imide groups is 1. The first-order valence-corrected chi connectivity index (χ1v) is 7.98. The molecular weight excluding hydrogens is 294 g/mol. The monoisotopic (exact) mass is 315 g/mol. The van der Waals surface area contributed by atoms with Gasteiger partial charge in [-0.15, -0.1) is 0 Å². The van der Waals surface area contributed by atoms with E-state index in [1.165, 1.54) is 10.1 Å². The van der Waals surface area contributed by atoms with Crippen LogP contribution < -0.4 is 11.0 Å². The van der Waals surface area contributed by atoms with E-state index in [1.54, 1.807) is 11.6 Å². The van der Waals surface area contributed by atoms with E-state index in [4.69, 9.17) is 0 Å². The number of hydrogen-bond acceptors (Lipinski definition) is 3. The Morgan fingerprint density at radius 2 is 2.00 bits per heavy atom. The highest BCUT2D eigenvalue weighted by atomic mass is 16.2. The van der Waals surface area contributed by atoms with Crippen LogP contribution in [0.4, 0.5) is 0 Å². The average molecular weight is 315 g/mol. The van der Waals surface area contributed by atoms with E-state index in [1.807, 2.05) is 18.2 Å². The van der Waals surface area contributed by atoms with Gasteiger partial charge in [-0.25, -0.2) is 4.79 Å². The molecule has 122 valence electrons. The molecule has 0 bridgehead atoms. The number of carbonyl (C=O) groups is 2. The van der Waals surface area contributed by atoms with Crippen molar-refractivity contribution in [3.8, 4) is 0 Å². The first-order valence-electron chi connectivity index (χ1n) is 7.98. The van der Waals surface area contributed by atoms with Crippen LogP contribution in [0, 0.1) is 0 Å². The predicted octanol–water partition coefficient (Wildman–Crippen LogP) is 1.83. The maximum Gasteiger partial charge on any atom is 0.329 e. The molecular formula is C17H21N3O3. The van der Waals surface area contributed by atoms with Crippen molar-refractivity contribution < 1.29 is 9.59 Å². The maximum atomic E-state index is 12.6. The van der Waals surface area contributed by atoms with E-state index in [0.29, 0.717) is 12.3 Å². The molecule has 23 heavy (non-hydrogen) atoms. The minimum Gasteiger partial charge on any atom is -0.295 e. The summed E-state index contributed by atoms with van der Waals surface area (Å²) in [5.41, 5.74) is 2.50. The van der Waals surface area contributed by atoms with E-state index in [0.717, 1.165) is 17.5 Å². The number of amides is 2. The molecule has 6 nitrogen and oxygen atoms in total. The SMILES string of the molecule is CCC(C)c1ccc2c(c1)n(C)c(=O)n2C1CCC(=O)NC1=O. The second kappa shape index (κ2) is 5.68. The van der Waals surface area contributed by atoms with Crippen LogP contribution in [0.5, 0.6) is 0 Å². The van der Waals surface area contributed by atoms with E-state index in [2.05, 4.69) is 19.2 Å². The molecule has 3 rings (SSSR count). The van der Waals surface area contributed by atoms with Gasteiger partial charge >= 0.3 is 5.69 Å². The lowest BCUT2D eigenvalue weighted by molar-refractivity contribution is -0.135. The molecule has 0 saturated carbocycles. The van der Waals surface area contributed by atoms with Crippen molar-refractivity contribution in [1.82, 2.24) is 14.5 Å². The van der Waals surface area contributed by atoms with Gasteiger partial charge < -0.3 is 0 Å². The number of rotatable bonds is 3. The van der Waals surface area contributed by atoms with Crippen LogP contribution in [0.25, 0.3) is 11.0 Å². The van der Waals surface area contributed by atoms with Crippen molar-refractivity contribution in [3.05, 3.63) is 34.2 Å². The van der Waals surface area contributed by atoms with Gasteiger partial charge in [0.15, 0.2) is 0 Å². The van der Waals surface area contributed by atoms with Crippen LogP contribution in [-0.2, 0) is 16.6 Å². The van der Waals surface area contributed by atoms with Crippen molar-refractivity contribution in [2.45, 2.75) is 45.1 Å². The molecule has 1 fully saturated rings. The molecule has 0 spiro atoms. The Balaban J connectivity index is 2.15. The smallest absolute Gasteiger partial charge is 0.295 e. The van der Waals surface area contributed by atoms with E-state index >= 15 is 0 Å². The molecule has 2 atom stereocenters. The molecule has 2 aromatic rings. The fourth-order valence-electron chi connectivity index (χ4n) is 3.15. The van der Waals surface area contributed by atoms with E-state index in [9.17, 15) is 14.4 Å². The zero-order chi connectivity index (χ0) is 16.7. The first-order chi connectivity index (χ1) is 10.9. The Labute approximate surface area is 134 Å². The number of aromatic nitrogens is 2. The van der Waals surface area contributed by atoms with Gasteiger partial charge in [-0.05, 0) is 36.5 Å². The molecule has 1 aliphatic rings. The van der Waals surface area contributed by atoms with Crippen LogP contribution in [-0.4, -0.2) is 20.9 Å². The molecule has 0 radical (unpaired) electrons. The number of imidazole rings is 1. The normalized spacial score (nSPS) is 19.9. The third kappa shape index (κ3) is 2.48. The van der Waals surface area contributed by atoms with Gasteiger partial charge in [0.25, 0.3) is 0 Å². The summed E-state index contributed by atoms with van der Waals surface area (Å²) in [5, 5.41) is 2.32. The summed E-state index contributed by atoms with van der Waals surface area (Å²) in [5.74, 6) is -0.270. The second-order valence-electron chi connectivity index (χ2n) is 6.24. The van der Waals surface area contributed by atoms with Crippen LogP contribution in [0.3, 0.4) is 0 Å². The summed E-state index contributed by atoms with van der Waals surface area (Å²) in [4.78, 5) is 36.1. The van der Waals surface area contributed by atoms with Crippen molar-refractivity contribution in [2.24, 2.45) is 7.05 Å². The third-order valence-corrected chi connectivity index (χ3v) is 4.82. The summed E-state index contributed by atoms with van der Waals surface area (Å²) >= 11 is 0. The number of fused-ring (bicyclic) bond motifs is 1. The zero-order valence-electron chi connectivity index (χ0n) is 13.6. The lowest BCUT2D eigenvalue weighted by atomic mass is 9.98. The average Bonchev–Trinajstić information content (AvgIpc) is 2.78. The number of benzene rings is 1. The lowest BCUT2D eigenvalue weighted by Gasteiger charge is -2.22. The number of nitrogens with zero attached hydrogens (tertiary/aromatic N) is 2. The Bertz CT molecular complexity index is 847. The summed E-state index contributed by atoms with van der Waals surface area (Å²) < 4.78 is 3.09.